The van der Waals surface area contributed by atoms with Crippen LogP contribution in [0.1, 0.15) is 11.1 Å². The predicted molar refractivity (Wildman–Crippen MR) is 103 cm³/mol. The highest BCUT2D eigenvalue weighted by atomic mass is 15.2. The lowest BCUT2D eigenvalue weighted by atomic mass is 10.1. The minimum Gasteiger partial charge on any atom is -0.309 e. The van der Waals surface area contributed by atoms with Gasteiger partial charge in [-0.05, 0) is 34.9 Å². The van der Waals surface area contributed by atoms with Crippen LogP contribution in [-0.4, -0.2) is 19.3 Å². The summed E-state index contributed by atoms with van der Waals surface area (Å²) in [5.41, 5.74) is 5.97. The van der Waals surface area contributed by atoms with Crippen LogP contribution in [0.4, 0.5) is 0 Å². The van der Waals surface area contributed by atoms with Crippen molar-refractivity contribution in [3.63, 3.8) is 0 Å². The highest BCUT2D eigenvalue weighted by Gasteiger charge is 2.02. The third kappa shape index (κ3) is 3.73. The molecule has 2 aromatic heterocycles. The van der Waals surface area contributed by atoms with E-state index in [1.165, 1.54) is 16.7 Å². The first kappa shape index (κ1) is 16.3. The second-order valence-corrected chi connectivity index (χ2v) is 6.35. The van der Waals surface area contributed by atoms with Crippen molar-refractivity contribution < 1.29 is 0 Å². The van der Waals surface area contributed by atoms with Gasteiger partial charge < -0.3 is 9.88 Å². The first-order chi connectivity index (χ1) is 12.8. The molecule has 0 fully saturated rings. The summed E-state index contributed by atoms with van der Waals surface area (Å²) in [4.78, 5) is 4.11. The molecule has 0 bridgehead atoms. The van der Waals surface area contributed by atoms with Crippen LogP contribution in [0.2, 0.25) is 0 Å². The monoisotopic (exact) mass is 343 g/mol. The van der Waals surface area contributed by atoms with Crippen molar-refractivity contribution in [1.29, 1.82) is 0 Å². The van der Waals surface area contributed by atoms with Crippen molar-refractivity contribution in [2.45, 2.75) is 13.1 Å². The maximum absolute atomic E-state index is 4.25. The Morgan fingerprint density at radius 3 is 2.50 bits per heavy atom. The lowest BCUT2D eigenvalue weighted by Crippen LogP contribution is -2.12. The third-order valence-corrected chi connectivity index (χ3v) is 4.34. The van der Waals surface area contributed by atoms with Gasteiger partial charge in [-0.2, -0.15) is 5.10 Å². The fraction of sp³-hybridized carbons (Fsp3) is 0.143. The molecule has 0 amide bonds. The molecule has 4 rings (SSSR count). The largest absolute Gasteiger partial charge is 0.309 e. The number of aryl methyl sites for hydroxylation is 1. The van der Waals surface area contributed by atoms with E-state index in [1.54, 1.807) is 6.20 Å². The molecule has 26 heavy (non-hydrogen) atoms. The van der Waals surface area contributed by atoms with Gasteiger partial charge in [-0.25, -0.2) is 4.98 Å². The molecule has 0 aliphatic carbocycles. The number of hydrogen-bond acceptors (Lipinski definition) is 3. The zero-order valence-corrected chi connectivity index (χ0v) is 14.7. The van der Waals surface area contributed by atoms with Crippen LogP contribution in [0, 0.1) is 0 Å². The molecule has 5 nitrogen and oxygen atoms in total. The van der Waals surface area contributed by atoms with Crippen LogP contribution >= 0.6 is 0 Å². The summed E-state index contributed by atoms with van der Waals surface area (Å²) in [6.45, 7) is 1.64. The van der Waals surface area contributed by atoms with Crippen molar-refractivity contribution in [2.24, 2.45) is 7.05 Å². The standard InChI is InChI=1S/C21H21N5/c1-25-15-20(14-24-25)19-6-2-4-17(10-19)12-23-13-18-5-3-7-21(11-18)26-9-8-22-16-26/h2-11,14-16,23H,12-13H2,1H3. The summed E-state index contributed by atoms with van der Waals surface area (Å²) in [7, 11) is 1.94. The van der Waals surface area contributed by atoms with Gasteiger partial charge in [0.05, 0.1) is 12.5 Å². The van der Waals surface area contributed by atoms with Gasteiger partial charge in [0, 0.05) is 50.0 Å². The molecule has 0 aliphatic rings. The van der Waals surface area contributed by atoms with E-state index in [0.29, 0.717) is 0 Å². The molecule has 2 aromatic carbocycles. The quantitative estimate of drug-likeness (QED) is 0.582. The van der Waals surface area contributed by atoms with Gasteiger partial charge in [-0.3, -0.25) is 4.68 Å². The summed E-state index contributed by atoms with van der Waals surface area (Å²) in [6.07, 6.45) is 9.50. The highest BCUT2D eigenvalue weighted by Crippen LogP contribution is 2.19. The lowest BCUT2D eigenvalue weighted by Gasteiger charge is -2.09. The molecule has 4 aromatic rings. The maximum atomic E-state index is 4.25. The van der Waals surface area contributed by atoms with Crippen molar-refractivity contribution in [2.75, 3.05) is 0 Å². The summed E-state index contributed by atoms with van der Waals surface area (Å²) in [5, 5.41) is 7.78. The average Bonchev–Trinajstić information content (AvgIpc) is 3.34. The van der Waals surface area contributed by atoms with Gasteiger partial charge in [-0.15, -0.1) is 0 Å². The van der Waals surface area contributed by atoms with E-state index in [1.807, 2.05) is 41.2 Å². The molecular weight excluding hydrogens is 322 g/mol. The van der Waals surface area contributed by atoms with E-state index in [2.05, 4.69) is 63.9 Å². The molecule has 0 spiro atoms. The van der Waals surface area contributed by atoms with Crippen LogP contribution in [0.15, 0.2) is 79.6 Å². The van der Waals surface area contributed by atoms with Crippen molar-refractivity contribution >= 4 is 0 Å². The number of aromatic nitrogens is 4. The molecule has 0 atom stereocenters. The summed E-state index contributed by atoms with van der Waals surface area (Å²) in [6, 6.07) is 17.1. The van der Waals surface area contributed by atoms with E-state index in [4.69, 9.17) is 0 Å². The fourth-order valence-corrected chi connectivity index (χ4v) is 3.02. The molecule has 1 N–H and O–H groups in total. The van der Waals surface area contributed by atoms with Gasteiger partial charge in [0.2, 0.25) is 0 Å². The summed E-state index contributed by atoms with van der Waals surface area (Å²) in [5.74, 6) is 0. The molecular formula is C21H21N5. The van der Waals surface area contributed by atoms with E-state index >= 15 is 0 Å². The Morgan fingerprint density at radius 1 is 0.962 bits per heavy atom. The minimum atomic E-state index is 0.819. The Balaban J connectivity index is 1.40. The Labute approximate surface area is 152 Å². The van der Waals surface area contributed by atoms with Gasteiger partial charge in [0.25, 0.3) is 0 Å². The van der Waals surface area contributed by atoms with Crippen molar-refractivity contribution in [3.8, 4) is 16.8 Å². The zero-order chi connectivity index (χ0) is 17.8. The van der Waals surface area contributed by atoms with E-state index in [0.717, 1.165) is 24.3 Å². The second-order valence-electron chi connectivity index (χ2n) is 6.35. The molecule has 130 valence electrons. The molecule has 0 saturated carbocycles. The van der Waals surface area contributed by atoms with Gasteiger partial charge >= 0.3 is 0 Å². The molecule has 0 saturated heterocycles. The summed E-state index contributed by atoms with van der Waals surface area (Å²) >= 11 is 0. The number of rotatable bonds is 6. The Kier molecular flexibility index (Phi) is 4.62. The number of nitrogens with zero attached hydrogens (tertiary/aromatic N) is 4. The van der Waals surface area contributed by atoms with Crippen molar-refractivity contribution in [1.82, 2.24) is 24.6 Å². The van der Waals surface area contributed by atoms with E-state index in [9.17, 15) is 0 Å². The first-order valence-electron chi connectivity index (χ1n) is 8.64. The second kappa shape index (κ2) is 7.37. The number of nitrogens with one attached hydrogen (secondary N) is 1. The van der Waals surface area contributed by atoms with Crippen LogP contribution in [0.3, 0.4) is 0 Å². The Morgan fingerprint density at radius 2 is 1.77 bits per heavy atom. The molecule has 5 heteroatoms. The molecule has 0 radical (unpaired) electrons. The SMILES string of the molecule is Cn1cc(-c2cccc(CNCc3cccc(-n4ccnc4)c3)c2)cn1. The normalized spacial score (nSPS) is 11.0. The topological polar surface area (TPSA) is 47.7 Å². The molecule has 0 aliphatic heterocycles. The van der Waals surface area contributed by atoms with Gasteiger partial charge in [0.15, 0.2) is 0 Å². The molecule has 2 heterocycles. The zero-order valence-electron chi connectivity index (χ0n) is 14.7. The average molecular weight is 343 g/mol. The number of benzene rings is 2. The van der Waals surface area contributed by atoms with Crippen LogP contribution in [0.5, 0.6) is 0 Å². The smallest absolute Gasteiger partial charge is 0.0991 e. The predicted octanol–water partition coefficient (Wildman–Crippen LogP) is 3.56. The number of imidazole rings is 1. The van der Waals surface area contributed by atoms with Crippen LogP contribution < -0.4 is 5.32 Å². The lowest BCUT2D eigenvalue weighted by molar-refractivity contribution is 0.693. The Bertz CT molecular complexity index is 985. The van der Waals surface area contributed by atoms with E-state index in [-0.39, 0.29) is 0 Å². The number of hydrogen-bond donors (Lipinski definition) is 1. The van der Waals surface area contributed by atoms with E-state index < -0.39 is 0 Å². The first-order valence-corrected chi connectivity index (χ1v) is 8.64. The minimum absolute atomic E-state index is 0.819. The third-order valence-electron chi connectivity index (χ3n) is 4.34. The van der Waals surface area contributed by atoms with Crippen LogP contribution in [0.25, 0.3) is 16.8 Å². The van der Waals surface area contributed by atoms with Crippen LogP contribution in [-0.2, 0) is 20.1 Å². The fourth-order valence-electron chi connectivity index (χ4n) is 3.02. The van der Waals surface area contributed by atoms with Gasteiger partial charge in [0.1, 0.15) is 0 Å². The highest BCUT2D eigenvalue weighted by molar-refractivity contribution is 5.62. The summed E-state index contributed by atoms with van der Waals surface area (Å²) < 4.78 is 3.84. The Hall–Kier alpha value is -3.18. The molecule has 0 unspecified atom stereocenters. The maximum Gasteiger partial charge on any atom is 0.0991 e. The van der Waals surface area contributed by atoms with Crippen molar-refractivity contribution in [3.05, 3.63) is 90.8 Å². The van der Waals surface area contributed by atoms with Gasteiger partial charge in [-0.1, -0.05) is 30.3 Å².